The number of nitrogens with zero attached hydrogens (tertiary/aromatic N) is 6. The third-order valence-corrected chi connectivity index (χ3v) is 6.24. The molecule has 2 fully saturated rings. The molecule has 2 aliphatic heterocycles. The van der Waals surface area contributed by atoms with Crippen molar-refractivity contribution in [1.29, 1.82) is 0 Å². The van der Waals surface area contributed by atoms with E-state index >= 15 is 0 Å². The lowest BCUT2D eigenvalue weighted by Crippen LogP contribution is -2.30. The van der Waals surface area contributed by atoms with Gasteiger partial charge in [-0.15, -0.1) is 0 Å². The maximum Gasteiger partial charge on any atom is 0.250 e. The van der Waals surface area contributed by atoms with Crippen molar-refractivity contribution in [3.05, 3.63) is 28.2 Å². The molecule has 2 aromatic rings. The molecule has 0 amide bonds. The Labute approximate surface area is 191 Å². The van der Waals surface area contributed by atoms with E-state index in [1.807, 2.05) is 6.07 Å². The zero-order valence-corrected chi connectivity index (χ0v) is 19.4. The minimum Gasteiger partial charge on any atom is -0.507 e. The number of phenolic OH excluding ortho intramolecular Hbond substituents is 1. The smallest absolute Gasteiger partial charge is 0.250 e. The predicted molar refractivity (Wildman–Crippen MR) is 128 cm³/mol. The molecule has 8 nitrogen and oxygen atoms in total. The number of aromatic hydroxyl groups is 1. The predicted octanol–water partition coefficient (Wildman–Crippen LogP) is 4.55. The first kappa shape index (κ1) is 21.8. The molecule has 31 heavy (non-hydrogen) atoms. The van der Waals surface area contributed by atoms with Crippen molar-refractivity contribution in [2.24, 2.45) is 5.10 Å². The lowest BCUT2D eigenvalue weighted by atomic mass is 10.2. The zero-order chi connectivity index (χ0) is 21.5. The van der Waals surface area contributed by atoms with Crippen LogP contribution >= 0.6 is 15.9 Å². The standard InChI is InChI=1S/C22H30BrN7O/c23-18-10-9-17(19(31)15-18)16-24-28-20-25-21(29-11-5-1-2-6-12-29)27-22(26-20)30-13-7-3-4-8-14-30/h9-10,15-16,31H,1-8,11-14H2,(H,25,26,27,28)/b24-16+. The number of halogens is 1. The van der Waals surface area contributed by atoms with Gasteiger partial charge in [0, 0.05) is 36.2 Å². The molecule has 1 aromatic heterocycles. The van der Waals surface area contributed by atoms with E-state index in [4.69, 9.17) is 4.98 Å². The SMILES string of the molecule is Oc1cc(Br)ccc1/C=N/Nc1nc(N2CCCCCC2)nc(N2CCCCCC2)n1. The highest BCUT2D eigenvalue weighted by Crippen LogP contribution is 2.23. The van der Waals surface area contributed by atoms with Gasteiger partial charge in [-0.1, -0.05) is 41.6 Å². The lowest BCUT2D eigenvalue weighted by molar-refractivity contribution is 0.474. The summed E-state index contributed by atoms with van der Waals surface area (Å²) in [4.78, 5) is 18.7. The molecule has 0 aliphatic carbocycles. The van der Waals surface area contributed by atoms with Crippen LogP contribution < -0.4 is 15.2 Å². The summed E-state index contributed by atoms with van der Waals surface area (Å²) in [6, 6.07) is 5.29. The van der Waals surface area contributed by atoms with Gasteiger partial charge in [0.05, 0.1) is 6.21 Å². The van der Waals surface area contributed by atoms with Gasteiger partial charge in [-0.05, 0) is 43.9 Å². The van der Waals surface area contributed by atoms with Crippen LogP contribution in [0.5, 0.6) is 5.75 Å². The van der Waals surface area contributed by atoms with Crippen molar-refractivity contribution in [3.8, 4) is 5.75 Å². The summed E-state index contributed by atoms with van der Waals surface area (Å²) in [6.07, 6.45) is 11.2. The van der Waals surface area contributed by atoms with Crippen LogP contribution in [0.25, 0.3) is 0 Å². The molecule has 0 radical (unpaired) electrons. The maximum absolute atomic E-state index is 10.1. The van der Waals surface area contributed by atoms with E-state index in [0.29, 0.717) is 11.5 Å². The van der Waals surface area contributed by atoms with Gasteiger partial charge < -0.3 is 14.9 Å². The lowest BCUT2D eigenvalue weighted by Gasteiger charge is -2.24. The van der Waals surface area contributed by atoms with E-state index in [0.717, 1.165) is 68.2 Å². The van der Waals surface area contributed by atoms with E-state index in [-0.39, 0.29) is 5.75 Å². The molecule has 2 aliphatic rings. The molecular formula is C22H30BrN7O. The Bertz CT molecular complexity index is 853. The van der Waals surface area contributed by atoms with Gasteiger partial charge in [0.25, 0.3) is 0 Å². The minimum absolute atomic E-state index is 0.158. The molecule has 2 saturated heterocycles. The number of aromatic nitrogens is 3. The van der Waals surface area contributed by atoms with Crippen LogP contribution in [0.4, 0.5) is 17.8 Å². The normalized spacial score (nSPS) is 18.1. The molecule has 0 spiro atoms. The molecular weight excluding hydrogens is 458 g/mol. The Morgan fingerprint density at radius 3 is 1.90 bits per heavy atom. The monoisotopic (exact) mass is 487 g/mol. The summed E-state index contributed by atoms with van der Waals surface area (Å²) in [6.45, 7) is 3.88. The molecule has 0 bridgehead atoms. The van der Waals surface area contributed by atoms with Gasteiger partial charge in [0.2, 0.25) is 17.8 Å². The fraction of sp³-hybridized carbons (Fsp3) is 0.545. The minimum atomic E-state index is 0.158. The first-order chi connectivity index (χ1) is 15.2. The van der Waals surface area contributed by atoms with Crippen molar-refractivity contribution < 1.29 is 5.11 Å². The van der Waals surface area contributed by atoms with E-state index in [1.165, 1.54) is 25.7 Å². The van der Waals surface area contributed by atoms with Crippen LogP contribution in [0.2, 0.25) is 0 Å². The Morgan fingerprint density at radius 1 is 0.839 bits per heavy atom. The fourth-order valence-electron chi connectivity index (χ4n) is 4.01. The second kappa shape index (κ2) is 10.7. The van der Waals surface area contributed by atoms with Crippen molar-refractivity contribution in [3.63, 3.8) is 0 Å². The molecule has 0 atom stereocenters. The molecule has 0 unspecified atom stereocenters. The van der Waals surface area contributed by atoms with Gasteiger partial charge in [-0.3, -0.25) is 0 Å². The van der Waals surface area contributed by atoms with Gasteiger partial charge in [-0.2, -0.15) is 20.1 Å². The molecule has 0 saturated carbocycles. The molecule has 166 valence electrons. The quantitative estimate of drug-likeness (QED) is 0.472. The van der Waals surface area contributed by atoms with Crippen LogP contribution in [0.1, 0.15) is 56.9 Å². The second-order valence-corrected chi connectivity index (χ2v) is 9.05. The first-order valence-electron chi connectivity index (χ1n) is 11.2. The van der Waals surface area contributed by atoms with E-state index in [2.05, 4.69) is 46.2 Å². The van der Waals surface area contributed by atoms with Crippen LogP contribution in [0.15, 0.2) is 27.8 Å². The average molecular weight is 488 g/mol. The molecule has 9 heteroatoms. The number of rotatable bonds is 5. The zero-order valence-electron chi connectivity index (χ0n) is 17.8. The fourth-order valence-corrected chi connectivity index (χ4v) is 4.36. The highest BCUT2D eigenvalue weighted by atomic mass is 79.9. The number of nitrogens with one attached hydrogen (secondary N) is 1. The van der Waals surface area contributed by atoms with Crippen LogP contribution in [-0.4, -0.2) is 52.5 Å². The van der Waals surface area contributed by atoms with E-state index in [1.54, 1.807) is 18.3 Å². The summed E-state index contributed by atoms with van der Waals surface area (Å²) in [5, 5.41) is 14.3. The van der Waals surface area contributed by atoms with Crippen molar-refractivity contribution >= 4 is 40.0 Å². The number of phenols is 1. The number of hydrazone groups is 1. The second-order valence-electron chi connectivity index (χ2n) is 8.13. The van der Waals surface area contributed by atoms with Crippen LogP contribution in [0.3, 0.4) is 0 Å². The number of hydrogen-bond acceptors (Lipinski definition) is 8. The summed E-state index contributed by atoms with van der Waals surface area (Å²) >= 11 is 3.35. The Morgan fingerprint density at radius 2 is 1.39 bits per heavy atom. The Kier molecular flexibility index (Phi) is 7.56. The van der Waals surface area contributed by atoms with Gasteiger partial charge in [0.15, 0.2) is 0 Å². The largest absolute Gasteiger partial charge is 0.507 e. The maximum atomic E-state index is 10.1. The summed E-state index contributed by atoms with van der Waals surface area (Å²) in [5.74, 6) is 2.04. The molecule has 3 heterocycles. The summed E-state index contributed by atoms with van der Waals surface area (Å²) in [5.41, 5.74) is 3.57. The third kappa shape index (κ3) is 6.06. The topological polar surface area (TPSA) is 89.8 Å². The van der Waals surface area contributed by atoms with Crippen LogP contribution in [-0.2, 0) is 0 Å². The summed E-state index contributed by atoms with van der Waals surface area (Å²) in [7, 11) is 0. The van der Waals surface area contributed by atoms with E-state index in [9.17, 15) is 5.11 Å². The van der Waals surface area contributed by atoms with Crippen molar-refractivity contribution in [1.82, 2.24) is 15.0 Å². The highest BCUT2D eigenvalue weighted by molar-refractivity contribution is 9.10. The molecule has 2 N–H and O–H groups in total. The number of benzene rings is 1. The third-order valence-electron chi connectivity index (χ3n) is 5.75. The average Bonchev–Trinajstić information content (AvgIpc) is 3.21. The van der Waals surface area contributed by atoms with E-state index < -0.39 is 0 Å². The molecule has 4 rings (SSSR count). The van der Waals surface area contributed by atoms with Crippen molar-refractivity contribution in [2.75, 3.05) is 41.4 Å². The number of anilines is 3. The Balaban J connectivity index is 1.57. The summed E-state index contributed by atoms with van der Waals surface area (Å²) < 4.78 is 0.816. The first-order valence-corrected chi connectivity index (χ1v) is 12.0. The van der Waals surface area contributed by atoms with Gasteiger partial charge in [0.1, 0.15) is 5.75 Å². The van der Waals surface area contributed by atoms with Gasteiger partial charge >= 0.3 is 0 Å². The highest BCUT2D eigenvalue weighted by Gasteiger charge is 2.19. The molecule has 1 aromatic carbocycles. The van der Waals surface area contributed by atoms with Crippen LogP contribution in [0, 0.1) is 0 Å². The van der Waals surface area contributed by atoms with Crippen molar-refractivity contribution in [2.45, 2.75) is 51.4 Å². The Hall–Kier alpha value is -2.42. The number of hydrogen-bond donors (Lipinski definition) is 2. The van der Waals surface area contributed by atoms with Gasteiger partial charge in [-0.25, -0.2) is 5.43 Å².